The Kier molecular flexibility index (Phi) is 3.86. The van der Waals surface area contributed by atoms with E-state index in [9.17, 15) is 4.39 Å². The van der Waals surface area contributed by atoms with Crippen LogP contribution in [0.3, 0.4) is 0 Å². The molecule has 0 bridgehead atoms. The molecule has 5 heteroatoms. The van der Waals surface area contributed by atoms with E-state index in [1.807, 2.05) is 0 Å². The standard InChI is InChI=1S/C9H11BrFNO2/c1-14-8-3-5(11)2-6(9(8)10)7(12)4-13/h2-3,7,13H,4,12H2,1H3. The van der Waals surface area contributed by atoms with Gasteiger partial charge in [0.15, 0.2) is 0 Å². The maximum Gasteiger partial charge on any atom is 0.136 e. The van der Waals surface area contributed by atoms with Gasteiger partial charge in [-0.2, -0.15) is 0 Å². The maximum atomic E-state index is 13.1. The van der Waals surface area contributed by atoms with Crippen molar-refractivity contribution >= 4 is 15.9 Å². The van der Waals surface area contributed by atoms with Crippen molar-refractivity contribution in [2.24, 2.45) is 5.73 Å². The van der Waals surface area contributed by atoms with Crippen molar-refractivity contribution in [1.29, 1.82) is 0 Å². The summed E-state index contributed by atoms with van der Waals surface area (Å²) in [7, 11) is 1.44. The van der Waals surface area contributed by atoms with Gasteiger partial charge in [0.2, 0.25) is 0 Å². The summed E-state index contributed by atoms with van der Waals surface area (Å²) in [4.78, 5) is 0. The SMILES string of the molecule is COc1cc(F)cc(C(N)CO)c1Br. The van der Waals surface area contributed by atoms with Crippen molar-refractivity contribution in [3.8, 4) is 5.75 Å². The number of nitrogens with two attached hydrogens (primary N) is 1. The predicted octanol–water partition coefficient (Wildman–Crippen LogP) is 1.59. The van der Waals surface area contributed by atoms with Crippen molar-refractivity contribution < 1.29 is 14.2 Å². The minimum Gasteiger partial charge on any atom is -0.495 e. The van der Waals surface area contributed by atoms with E-state index in [0.717, 1.165) is 0 Å². The van der Waals surface area contributed by atoms with Gasteiger partial charge in [-0.25, -0.2) is 4.39 Å². The number of aliphatic hydroxyl groups excluding tert-OH is 1. The highest BCUT2D eigenvalue weighted by Gasteiger charge is 2.14. The van der Waals surface area contributed by atoms with Crippen molar-refractivity contribution in [3.63, 3.8) is 0 Å². The predicted molar refractivity (Wildman–Crippen MR) is 54.7 cm³/mol. The average Bonchev–Trinajstić information content (AvgIpc) is 2.19. The lowest BCUT2D eigenvalue weighted by Crippen LogP contribution is -2.15. The van der Waals surface area contributed by atoms with Gasteiger partial charge in [-0.3, -0.25) is 0 Å². The summed E-state index contributed by atoms with van der Waals surface area (Å²) in [6, 6.07) is 1.90. The van der Waals surface area contributed by atoms with Crippen molar-refractivity contribution in [2.45, 2.75) is 6.04 Å². The molecule has 1 aromatic rings. The van der Waals surface area contributed by atoms with E-state index in [4.69, 9.17) is 15.6 Å². The molecule has 3 nitrogen and oxygen atoms in total. The first-order valence-corrected chi connectivity index (χ1v) is 4.78. The highest BCUT2D eigenvalue weighted by atomic mass is 79.9. The summed E-state index contributed by atoms with van der Waals surface area (Å²) in [5.74, 6) is -0.0761. The Morgan fingerprint density at radius 2 is 2.29 bits per heavy atom. The minimum atomic E-state index is -0.617. The molecule has 1 rings (SSSR count). The summed E-state index contributed by atoms with van der Waals surface area (Å²) in [5, 5.41) is 8.86. The number of hydrogen-bond donors (Lipinski definition) is 2. The van der Waals surface area contributed by atoms with Crippen LogP contribution in [0.5, 0.6) is 5.75 Å². The Hall–Kier alpha value is -0.650. The van der Waals surface area contributed by atoms with E-state index in [-0.39, 0.29) is 6.61 Å². The van der Waals surface area contributed by atoms with E-state index < -0.39 is 11.9 Å². The zero-order valence-corrected chi connectivity index (χ0v) is 9.21. The lowest BCUT2D eigenvalue weighted by Gasteiger charge is -2.13. The smallest absolute Gasteiger partial charge is 0.136 e. The zero-order chi connectivity index (χ0) is 10.7. The van der Waals surface area contributed by atoms with E-state index >= 15 is 0 Å². The molecule has 1 atom stereocenters. The minimum absolute atomic E-state index is 0.245. The number of benzene rings is 1. The summed E-state index contributed by atoms with van der Waals surface area (Å²) in [6.07, 6.45) is 0. The van der Waals surface area contributed by atoms with Crippen LogP contribution in [0.1, 0.15) is 11.6 Å². The van der Waals surface area contributed by atoms with Gasteiger partial charge in [-0.05, 0) is 27.6 Å². The molecule has 0 saturated carbocycles. The summed E-state index contributed by atoms with van der Waals surface area (Å²) in [5.41, 5.74) is 6.08. The number of rotatable bonds is 3. The molecule has 1 aromatic carbocycles. The molecule has 0 radical (unpaired) electrons. The molecule has 0 saturated heterocycles. The topological polar surface area (TPSA) is 55.5 Å². The Morgan fingerprint density at radius 3 is 2.79 bits per heavy atom. The molecule has 78 valence electrons. The molecule has 0 aromatic heterocycles. The molecule has 0 aliphatic carbocycles. The first kappa shape index (κ1) is 11.4. The summed E-state index contributed by atoms with van der Waals surface area (Å²) >= 11 is 3.23. The van der Waals surface area contributed by atoms with Crippen molar-refractivity contribution in [2.75, 3.05) is 13.7 Å². The molecule has 1 unspecified atom stereocenters. The van der Waals surface area contributed by atoms with E-state index in [0.29, 0.717) is 15.8 Å². The third-order valence-corrected chi connectivity index (χ3v) is 2.70. The normalized spacial score (nSPS) is 12.6. The molecule has 0 aliphatic rings. The van der Waals surface area contributed by atoms with Crippen LogP contribution in [0, 0.1) is 5.82 Å². The quantitative estimate of drug-likeness (QED) is 0.871. The van der Waals surface area contributed by atoms with Gasteiger partial charge >= 0.3 is 0 Å². The highest BCUT2D eigenvalue weighted by molar-refractivity contribution is 9.10. The second-order valence-electron chi connectivity index (χ2n) is 2.80. The summed E-state index contributed by atoms with van der Waals surface area (Å²) in [6.45, 7) is -0.245. The van der Waals surface area contributed by atoms with Gasteiger partial charge in [0, 0.05) is 6.07 Å². The second kappa shape index (κ2) is 4.72. The number of methoxy groups -OCH3 is 1. The van der Waals surface area contributed by atoms with Gasteiger partial charge in [-0.1, -0.05) is 0 Å². The van der Waals surface area contributed by atoms with Crippen LogP contribution in [-0.2, 0) is 0 Å². The largest absolute Gasteiger partial charge is 0.495 e. The Morgan fingerprint density at radius 1 is 1.64 bits per heavy atom. The molecule has 3 N–H and O–H groups in total. The number of hydrogen-bond acceptors (Lipinski definition) is 3. The van der Waals surface area contributed by atoms with Crippen LogP contribution in [0.15, 0.2) is 16.6 Å². The summed E-state index contributed by atoms with van der Waals surface area (Å²) < 4.78 is 18.6. The van der Waals surface area contributed by atoms with Crippen molar-refractivity contribution in [1.82, 2.24) is 0 Å². The molecular weight excluding hydrogens is 253 g/mol. The highest BCUT2D eigenvalue weighted by Crippen LogP contribution is 2.32. The lowest BCUT2D eigenvalue weighted by atomic mass is 10.1. The van der Waals surface area contributed by atoms with Crippen LogP contribution >= 0.6 is 15.9 Å². The van der Waals surface area contributed by atoms with Gasteiger partial charge in [-0.15, -0.1) is 0 Å². The van der Waals surface area contributed by atoms with Crippen LogP contribution in [0.4, 0.5) is 4.39 Å². The Balaban J connectivity index is 3.21. The molecule has 0 fully saturated rings. The lowest BCUT2D eigenvalue weighted by molar-refractivity contribution is 0.267. The van der Waals surface area contributed by atoms with Gasteiger partial charge in [0.1, 0.15) is 11.6 Å². The zero-order valence-electron chi connectivity index (χ0n) is 7.63. The monoisotopic (exact) mass is 263 g/mol. The molecule has 0 heterocycles. The average molecular weight is 264 g/mol. The van der Waals surface area contributed by atoms with Gasteiger partial charge < -0.3 is 15.6 Å². The van der Waals surface area contributed by atoms with Crippen LogP contribution in [0.2, 0.25) is 0 Å². The fraction of sp³-hybridized carbons (Fsp3) is 0.333. The van der Waals surface area contributed by atoms with Crippen LogP contribution < -0.4 is 10.5 Å². The second-order valence-corrected chi connectivity index (χ2v) is 3.59. The van der Waals surface area contributed by atoms with Gasteiger partial charge in [0.05, 0.1) is 24.2 Å². The molecule has 0 aliphatic heterocycles. The van der Waals surface area contributed by atoms with Crippen LogP contribution in [-0.4, -0.2) is 18.8 Å². The first-order valence-electron chi connectivity index (χ1n) is 3.99. The molecule has 0 amide bonds. The molecular formula is C9H11BrFNO2. The number of aliphatic hydroxyl groups is 1. The fourth-order valence-corrected chi connectivity index (χ4v) is 1.79. The Labute approximate surface area is 89.8 Å². The molecule has 14 heavy (non-hydrogen) atoms. The maximum absolute atomic E-state index is 13.1. The van der Waals surface area contributed by atoms with Crippen LogP contribution in [0.25, 0.3) is 0 Å². The third kappa shape index (κ3) is 2.23. The third-order valence-electron chi connectivity index (χ3n) is 1.85. The number of ether oxygens (including phenoxy) is 1. The molecule has 0 spiro atoms. The van der Waals surface area contributed by atoms with E-state index in [1.54, 1.807) is 0 Å². The first-order chi connectivity index (χ1) is 6.60. The fourth-order valence-electron chi connectivity index (χ4n) is 1.10. The van der Waals surface area contributed by atoms with Crippen molar-refractivity contribution in [3.05, 3.63) is 28.0 Å². The van der Waals surface area contributed by atoms with Gasteiger partial charge in [0.25, 0.3) is 0 Å². The van der Waals surface area contributed by atoms with E-state index in [1.165, 1.54) is 19.2 Å². The number of halogens is 2. The Bertz CT molecular complexity index is 333. The van der Waals surface area contributed by atoms with E-state index in [2.05, 4.69) is 15.9 Å².